The van der Waals surface area contributed by atoms with Gasteiger partial charge in [-0.15, -0.1) is 0 Å². The summed E-state index contributed by atoms with van der Waals surface area (Å²) < 4.78 is 0. The molecule has 0 aromatic heterocycles. The Hall–Kier alpha value is -7.22. The fraction of sp³-hybridized carbons (Fsp3) is 0.115. The minimum atomic E-state index is -0.174. The van der Waals surface area contributed by atoms with Gasteiger partial charge in [-0.1, -0.05) is 190 Å². The van der Waals surface area contributed by atoms with E-state index in [4.69, 9.17) is 0 Å². The Labute approximate surface area is 366 Å². The lowest BCUT2D eigenvalue weighted by atomic mass is 9.81. The first-order valence-corrected chi connectivity index (χ1v) is 22.2. The summed E-state index contributed by atoms with van der Waals surface area (Å²) in [5.74, 6) is 0. The number of hydrogen-bond donors (Lipinski definition) is 0. The van der Waals surface area contributed by atoms with E-state index in [1.165, 1.54) is 108 Å². The molecule has 298 valence electrons. The van der Waals surface area contributed by atoms with Crippen molar-refractivity contribution in [2.45, 2.75) is 44.9 Å². The zero-order valence-corrected chi connectivity index (χ0v) is 35.5. The second-order valence-electron chi connectivity index (χ2n) is 17.5. The normalized spacial score (nSPS) is 13.5. The Morgan fingerprint density at radius 1 is 0.339 bits per heavy atom. The van der Waals surface area contributed by atoms with E-state index in [2.05, 4.69) is 231 Å². The van der Waals surface area contributed by atoms with Crippen LogP contribution in [0.5, 0.6) is 0 Å². The first-order chi connectivity index (χ1) is 30.5. The molecule has 0 unspecified atom stereocenters. The van der Waals surface area contributed by atoms with Crippen molar-refractivity contribution in [3.63, 3.8) is 0 Å². The number of benzene rings is 9. The van der Waals surface area contributed by atoms with Crippen LogP contribution >= 0.6 is 0 Å². The summed E-state index contributed by atoms with van der Waals surface area (Å²) in [6, 6.07) is 78.6. The van der Waals surface area contributed by atoms with Crippen LogP contribution in [-0.2, 0) is 18.3 Å². The topological polar surface area (TPSA) is 3.24 Å². The SMILES string of the molecule is CC1(C)c2cc(N(c3ccc(-c4cccc5c4CCCC5)cc3)c3ccc(-c4c(-c5ccccc5)cccc4-c4ccccc4)cc3)ccc2-c2c(-c3ccccc3)cccc21. The summed E-state index contributed by atoms with van der Waals surface area (Å²) in [6.45, 7) is 4.78. The molecule has 0 radical (unpaired) electrons. The van der Waals surface area contributed by atoms with E-state index in [1.807, 2.05) is 0 Å². The highest BCUT2D eigenvalue weighted by molar-refractivity contribution is 5.96. The summed E-state index contributed by atoms with van der Waals surface area (Å²) >= 11 is 0. The predicted molar refractivity (Wildman–Crippen MR) is 263 cm³/mol. The molecule has 0 fully saturated rings. The molecule has 1 heteroatoms. The maximum absolute atomic E-state index is 2.46. The highest BCUT2D eigenvalue weighted by atomic mass is 15.1. The maximum Gasteiger partial charge on any atom is 0.0465 e. The van der Waals surface area contributed by atoms with E-state index in [9.17, 15) is 0 Å². The fourth-order valence-electron chi connectivity index (χ4n) is 10.4. The second-order valence-corrected chi connectivity index (χ2v) is 17.5. The first-order valence-electron chi connectivity index (χ1n) is 22.2. The van der Waals surface area contributed by atoms with E-state index >= 15 is 0 Å². The lowest BCUT2D eigenvalue weighted by molar-refractivity contribution is 0.660. The third kappa shape index (κ3) is 6.57. The second kappa shape index (κ2) is 15.7. The van der Waals surface area contributed by atoms with Gasteiger partial charge in [0, 0.05) is 22.5 Å². The molecule has 62 heavy (non-hydrogen) atoms. The molecular weight excluding hydrogens is 747 g/mol. The van der Waals surface area contributed by atoms with Crippen molar-refractivity contribution in [3.05, 3.63) is 235 Å². The smallest absolute Gasteiger partial charge is 0.0465 e. The van der Waals surface area contributed by atoms with Crippen LogP contribution in [0.15, 0.2) is 212 Å². The number of nitrogens with zero attached hydrogens (tertiary/aromatic N) is 1. The highest BCUT2D eigenvalue weighted by Crippen LogP contribution is 2.54. The summed E-state index contributed by atoms with van der Waals surface area (Å²) in [6.07, 6.45) is 4.88. The van der Waals surface area contributed by atoms with E-state index < -0.39 is 0 Å². The largest absolute Gasteiger partial charge is 0.310 e. The predicted octanol–water partition coefficient (Wildman–Crippen LogP) is 16.7. The van der Waals surface area contributed by atoms with Crippen LogP contribution in [0.1, 0.15) is 48.9 Å². The molecule has 2 aliphatic carbocycles. The van der Waals surface area contributed by atoms with Crippen molar-refractivity contribution < 1.29 is 0 Å². The van der Waals surface area contributed by atoms with Crippen molar-refractivity contribution in [2.75, 3.05) is 4.90 Å². The van der Waals surface area contributed by atoms with Crippen LogP contribution in [0.4, 0.5) is 17.1 Å². The van der Waals surface area contributed by atoms with E-state index in [1.54, 1.807) is 0 Å². The lowest BCUT2D eigenvalue weighted by Crippen LogP contribution is -2.16. The van der Waals surface area contributed by atoms with Crippen LogP contribution in [0.25, 0.3) is 66.8 Å². The molecule has 0 amide bonds. The molecule has 0 N–H and O–H groups in total. The van der Waals surface area contributed by atoms with Gasteiger partial charge < -0.3 is 4.90 Å². The molecule has 0 bridgehead atoms. The summed E-state index contributed by atoms with van der Waals surface area (Å²) in [5, 5.41) is 0. The molecule has 0 saturated carbocycles. The highest BCUT2D eigenvalue weighted by Gasteiger charge is 2.37. The molecule has 0 saturated heterocycles. The minimum absolute atomic E-state index is 0.174. The molecule has 1 nitrogen and oxygen atoms in total. The van der Waals surface area contributed by atoms with Gasteiger partial charge in [-0.3, -0.25) is 0 Å². The van der Waals surface area contributed by atoms with Crippen molar-refractivity contribution in [1.29, 1.82) is 0 Å². The van der Waals surface area contributed by atoms with Gasteiger partial charge in [-0.2, -0.15) is 0 Å². The Bertz CT molecular complexity index is 2990. The van der Waals surface area contributed by atoms with Crippen molar-refractivity contribution in [1.82, 2.24) is 0 Å². The van der Waals surface area contributed by atoms with Crippen LogP contribution in [0.2, 0.25) is 0 Å². The van der Waals surface area contributed by atoms with Crippen molar-refractivity contribution >= 4 is 17.1 Å². The molecule has 0 aliphatic heterocycles. The standard InChI is InChI=1S/C61H49N/c1-61(2)57-30-16-29-55(45-21-10-5-11-22-45)60(57)56-40-39-50(41-58(56)61)62(48-35-31-46(32-36-48)52-26-14-24-42-23-12-13-25-51(42)52)49-37-33-47(34-38-49)59-53(43-17-6-3-7-18-43)27-15-28-54(59)44-19-8-4-9-20-44/h3-11,14-22,24,26-41H,12-13,23,25H2,1-2H3. The van der Waals surface area contributed by atoms with Gasteiger partial charge in [0.05, 0.1) is 0 Å². The Kier molecular flexibility index (Phi) is 9.54. The van der Waals surface area contributed by atoms with Crippen LogP contribution in [0.3, 0.4) is 0 Å². The number of aryl methyl sites for hydroxylation is 1. The number of hydrogen-bond acceptors (Lipinski definition) is 1. The van der Waals surface area contributed by atoms with Gasteiger partial charge in [-0.05, 0) is 151 Å². The Morgan fingerprint density at radius 3 is 1.40 bits per heavy atom. The summed E-state index contributed by atoms with van der Waals surface area (Å²) in [7, 11) is 0. The van der Waals surface area contributed by atoms with Gasteiger partial charge in [-0.25, -0.2) is 0 Å². The van der Waals surface area contributed by atoms with Gasteiger partial charge in [0.15, 0.2) is 0 Å². The number of fused-ring (bicyclic) bond motifs is 4. The monoisotopic (exact) mass is 795 g/mol. The molecule has 9 aromatic rings. The average Bonchev–Trinajstić information content (AvgIpc) is 3.57. The van der Waals surface area contributed by atoms with Crippen molar-refractivity contribution in [3.8, 4) is 66.8 Å². The molecular formula is C61H49N. The molecule has 0 atom stereocenters. The van der Waals surface area contributed by atoms with Crippen LogP contribution in [-0.4, -0.2) is 0 Å². The van der Waals surface area contributed by atoms with Crippen LogP contribution < -0.4 is 4.90 Å². The van der Waals surface area contributed by atoms with E-state index in [0.29, 0.717) is 0 Å². The van der Waals surface area contributed by atoms with Crippen molar-refractivity contribution in [2.24, 2.45) is 0 Å². The zero-order valence-electron chi connectivity index (χ0n) is 35.5. The third-order valence-electron chi connectivity index (χ3n) is 13.5. The number of anilines is 3. The fourth-order valence-corrected chi connectivity index (χ4v) is 10.4. The molecule has 9 aromatic carbocycles. The van der Waals surface area contributed by atoms with Crippen LogP contribution in [0, 0.1) is 0 Å². The maximum atomic E-state index is 2.46. The third-order valence-corrected chi connectivity index (χ3v) is 13.5. The van der Waals surface area contributed by atoms with E-state index in [-0.39, 0.29) is 5.41 Å². The molecule has 2 aliphatic rings. The lowest BCUT2D eigenvalue weighted by Gasteiger charge is -2.28. The van der Waals surface area contributed by atoms with Gasteiger partial charge in [0.1, 0.15) is 0 Å². The quantitative estimate of drug-likeness (QED) is 0.148. The van der Waals surface area contributed by atoms with Gasteiger partial charge in [0.25, 0.3) is 0 Å². The average molecular weight is 796 g/mol. The number of rotatable bonds is 8. The molecule has 0 heterocycles. The molecule has 11 rings (SSSR count). The minimum Gasteiger partial charge on any atom is -0.310 e. The van der Waals surface area contributed by atoms with Gasteiger partial charge >= 0.3 is 0 Å². The summed E-state index contributed by atoms with van der Waals surface area (Å²) in [5.41, 5.74) is 24.2. The zero-order chi connectivity index (χ0) is 41.6. The molecule has 0 spiro atoms. The first kappa shape index (κ1) is 37.8. The van der Waals surface area contributed by atoms with E-state index in [0.717, 1.165) is 23.5 Å². The Balaban J connectivity index is 1.05. The summed E-state index contributed by atoms with van der Waals surface area (Å²) in [4.78, 5) is 2.45. The Morgan fingerprint density at radius 2 is 0.806 bits per heavy atom. The van der Waals surface area contributed by atoms with Gasteiger partial charge in [0.2, 0.25) is 0 Å².